The minimum absolute atomic E-state index is 0.0268. The Labute approximate surface area is 150 Å². The summed E-state index contributed by atoms with van der Waals surface area (Å²) in [5.74, 6) is -0.700. The third-order valence-corrected chi connectivity index (χ3v) is 4.54. The number of aromatic nitrogens is 2. The number of nitrogens with one attached hydrogen (secondary N) is 1. The monoisotopic (exact) mass is 381 g/mol. The summed E-state index contributed by atoms with van der Waals surface area (Å²) < 4.78 is 4.16. The maximum absolute atomic E-state index is 11.2. The number of anilines is 1. The first-order chi connectivity index (χ1) is 11.5. The molecule has 1 aromatic carbocycles. The molecule has 0 atom stereocenters. The average Bonchev–Trinajstić information content (AvgIpc) is 2.97. The highest BCUT2D eigenvalue weighted by Gasteiger charge is 2.16. The predicted molar refractivity (Wildman–Crippen MR) is 94.0 cm³/mol. The molecule has 0 aliphatic rings. The summed E-state index contributed by atoms with van der Waals surface area (Å²) in [4.78, 5) is 15.3. The first-order valence-electron chi connectivity index (χ1n) is 6.58. The van der Waals surface area contributed by atoms with Gasteiger partial charge in [-0.3, -0.25) is 4.79 Å². The Hall–Kier alpha value is -2.29. The van der Waals surface area contributed by atoms with Crippen molar-refractivity contribution in [1.29, 1.82) is 0 Å². The number of hydrogen-bond acceptors (Lipinski definition) is 7. The lowest BCUT2D eigenvalue weighted by atomic mass is 10.2. The van der Waals surface area contributed by atoms with Crippen LogP contribution in [0, 0.1) is 0 Å². The average molecular weight is 382 g/mol. The number of nitrogens with zero attached hydrogens (tertiary/aromatic N) is 4. The van der Waals surface area contributed by atoms with Crippen molar-refractivity contribution in [2.45, 2.75) is 6.92 Å². The fourth-order valence-electron chi connectivity index (χ4n) is 1.90. The molecule has 0 spiro atoms. The second-order valence-electron chi connectivity index (χ2n) is 4.66. The first-order valence-corrected chi connectivity index (χ1v) is 8.11. The molecule has 2 heterocycles. The standard InChI is InChI=1S/C14H9Cl2N5O2S/c1-6(22)18-9-5-8(10(15)11(16)12(9)23)19-20-14-7-3-2-4-17-13(7)21-24-14/h2-5,23H,1H3,(H,18,22)/b20-19+. The molecule has 1 amide bonds. The zero-order valence-corrected chi connectivity index (χ0v) is 14.4. The van der Waals surface area contributed by atoms with Crippen LogP contribution in [0.5, 0.6) is 5.75 Å². The summed E-state index contributed by atoms with van der Waals surface area (Å²) in [6, 6.07) is 4.99. The van der Waals surface area contributed by atoms with E-state index in [-0.39, 0.29) is 33.1 Å². The van der Waals surface area contributed by atoms with Crippen molar-refractivity contribution < 1.29 is 9.90 Å². The highest BCUT2D eigenvalue weighted by molar-refractivity contribution is 7.11. The maximum Gasteiger partial charge on any atom is 0.221 e. The van der Waals surface area contributed by atoms with Crippen LogP contribution in [0.3, 0.4) is 0 Å². The quantitative estimate of drug-likeness (QED) is 0.487. The van der Waals surface area contributed by atoms with Gasteiger partial charge in [0, 0.05) is 13.1 Å². The van der Waals surface area contributed by atoms with Crippen LogP contribution in [0.2, 0.25) is 10.0 Å². The molecule has 10 heteroatoms. The normalized spacial score (nSPS) is 11.3. The molecular weight excluding hydrogens is 373 g/mol. The van der Waals surface area contributed by atoms with Crippen molar-refractivity contribution in [3.63, 3.8) is 0 Å². The van der Waals surface area contributed by atoms with E-state index in [1.807, 2.05) is 6.07 Å². The summed E-state index contributed by atoms with van der Waals surface area (Å²) in [6.45, 7) is 1.31. The Morgan fingerprint density at radius 2 is 2.12 bits per heavy atom. The van der Waals surface area contributed by atoms with E-state index in [2.05, 4.69) is 24.9 Å². The summed E-state index contributed by atoms with van der Waals surface area (Å²) in [6.07, 6.45) is 1.64. The number of fused-ring (bicyclic) bond motifs is 1. The lowest BCUT2D eigenvalue weighted by molar-refractivity contribution is -0.114. The summed E-state index contributed by atoms with van der Waals surface area (Å²) in [7, 11) is 0. The highest BCUT2D eigenvalue weighted by atomic mass is 35.5. The second kappa shape index (κ2) is 6.68. The Balaban J connectivity index is 2.03. The number of amides is 1. The molecule has 0 saturated carbocycles. The van der Waals surface area contributed by atoms with E-state index in [1.165, 1.54) is 13.0 Å². The van der Waals surface area contributed by atoms with Crippen molar-refractivity contribution in [2.24, 2.45) is 10.2 Å². The molecule has 0 radical (unpaired) electrons. The molecule has 122 valence electrons. The topological polar surface area (TPSA) is 99.8 Å². The van der Waals surface area contributed by atoms with Gasteiger partial charge in [-0.15, -0.1) is 10.2 Å². The van der Waals surface area contributed by atoms with Crippen molar-refractivity contribution in [1.82, 2.24) is 9.36 Å². The van der Waals surface area contributed by atoms with Crippen LogP contribution in [0.1, 0.15) is 6.92 Å². The zero-order chi connectivity index (χ0) is 17.3. The minimum Gasteiger partial charge on any atom is -0.504 e. The van der Waals surface area contributed by atoms with Gasteiger partial charge in [0.1, 0.15) is 10.7 Å². The van der Waals surface area contributed by atoms with E-state index in [0.29, 0.717) is 10.6 Å². The van der Waals surface area contributed by atoms with E-state index >= 15 is 0 Å². The number of rotatable bonds is 3. The largest absolute Gasteiger partial charge is 0.504 e. The highest BCUT2D eigenvalue weighted by Crippen LogP contribution is 2.44. The van der Waals surface area contributed by atoms with Crippen molar-refractivity contribution in [3.05, 3.63) is 34.4 Å². The summed E-state index contributed by atoms with van der Waals surface area (Å²) in [5, 5.41) is 21.8. The Morgan fingerprint density at radius 1 is 1.33 bits per heavy atom. The molecule has 0 fully saturated rings. The molecule has 3 aromatic rings. The molecule has 3 rings (SSSR count). The van der Waals surface area contributed by atoms with E-state index in [9.17, 15) is 9.90 Å². The second-order valence-corrected chi connectivity index (χ2v) is 6.17. The number of benzene rings is 1. The number of azo groups is 1. The van der Waals surface area contributed by atoms with E-state index < -0.39 is 0 Å². The number of carbonyl (C=O) groups is 1. The first kappa shape index (κ1) is 16.6. The molecule has 2 aromatic heterocycles. The number of hydrogen-bond donors (Lipinski definition) is 2. The maximum atomic E-state index is 11.2. The van der Waals surface area contributed by atoms with Crippen LogP contribution in [0.4, 0.5) is 16.4 Å². The van der Waals surface area contributed by atoms with Crippen LogP contribution in [-0.2, 0) is 4.79 Å². The summed E-state index contributed by atoms with van der Waals surface area (Å²) >= 11 is 13.2. The van der Waals surface area contributed by atoms with E-state index in [4.69, 9.17) is 23.2 Å². The Morgan fingerprint density at radius 3 is 2.88 bits per heavy atom. The van der Waals surface area contributed by atoms with Gasteiger partial charge in [0.2, 0.25) is 5.91 Å². The number of aromatic hydroxyl groups is 1. The van der Waals surface area contributed by atoms with Gasteiger partial charge in [0.25, 0.3) is 0 Å². The van der Waals surface area contributed by atoms with E-state index in [1.54, 1.807) is 12.3 Å². The Kier molecular flexibility index (Phi) is 4.61. The number of phenolic OH excluding ortho intramolecular Hbond substituents is 1. The van der Waals surface area contributed by atoms with Crippen LogP contribution < -0.4 is 5.32 Å². The zero-order valence-electron chi connectivity index (χ0n) is 12.1. The van der Waals surface area contributed by atoms with E-state index in [0.717, 1.165) is 16.9 Å². The van der Waals surface area contributed by atoms with Crippen LogP contribution >= 0.6 is 34.7 Å². The molecule has 0 aliphatic carbocycles. The van der Waals surface area contributed by atoms with Crippen molar-refractivity contribution in [2.75, 3.05) is 5.32 Å². The van der Waals surface area contributed by atoms with Gasteiger partial charge in [0.05, 0.1) is 16.1 Å². The SMILES string of the molecule is CC(=O)Nc1cc(/N=N/c2snc3ncccc23)c(Cl)c(Cl)c1O. The fraction of sp³-hybridized carbons (Fsp3) is 0.0714. The number of pyridine rings is 1. The number of phenols is 1. The molecule has 0 bridgehead atoms. The third-order valence-electron chi connectivity index (χ3n) is 2.96. The fourth-order valence-corrected chi connectivity index (χ4v) is 2.94. The lowest BCUT2D eigenvalue weighted by Crippen LogP contribution is -2.05. The molecule has 0 saturated heterocycles. The third kappa shape index (κ3) is 3.16. The smallest absolute Gasteiger partial charge is 0.221 e. The molecular formula is C14H9Cl2N5O2S. The van der Waals surface area contributed by atoms with Gasteiger partial charge in [-0.2, -0.15) is 4.37 Å². The van der Waals surface area contributed by atoms with Gasteiger partial charge in [-0.1, -0.05) is 23.2 Å². The molecule has 2 N–H and O–H groups in total. The number of carbonyl (C=O) groups excluding carboxylic acids is 1. The predicted octanol–water partition coefficient (Wildman–Crippen LogP) is 5.08. The van der Waals surface area contributed by atoms with Gasteiger partial charge >= 0.3 is 0 Å². The lowest BCUT2D eigenvalue weighted by Gasteiger charge is -2.09. The molecule has 7 nitrogen and oxygen atoms in total. The molecule has 0 unspecified atom stereocenters. The van der Waals surface area contributed by atoms with Crippen LogP contribution in [-0.4, -0.2) is 20.4 Å². The number of halogens is 2. The minimum atomic E-state index is -0.369. The van der Waals surface area contributed by atoms with Crippen molar-refractivity contribution in [3.8, 4) is 5.75 Å². The van der Waals surface area contributed by atoms with Gasteiger partial charge < -0.3 is 10.4 Å². The van der Waals surface area contributed by atoms with Crippen LogP contribution in [0.25, 0.3) is 11.0 Å². The Bertz CT molecular complexity index is 973. The molecule has 0 aliphatic heterocycles. The van der Waals surface area contributed by atoms with Gasteiger partial charge in [-0.25, -0.2) is 4.98 Å². The van der Waals surface area contributed by atoms with Crippen molar-refractivity contribution >= 4 is 68.1 Å². The van der Waals surface area contributed by atoms with Gasteiger partial charge in [-0.05, 0) is 29.7 Å². The molecule has 24 heavy (non-hydrogen) atoms. The summed E-state index contributed by atoms with van der Waals surface area (Å²) in [5.41, 5.74) is 0.876. The van der Waals surface area contributed by atoms with Crippen LogP contribution in [0.15, 0.2) is 34.6 Å². The van der Waals surface area contributed by atoms with Gasteiger partial charge in [0.15, 0.2) is 16.4 Å².